The van der Waals surface area contributed by atoms with Crippen molar-refractivity contribution < 1.29 is 17.9 Å². The lowest BCUT2D eigenvalue weighted by Gasteiger charge is -2.25. The first kappa shape index (κ1) is 26.3. The van der Waals surface area contributed by atoms with Crippen molar-refractivity contribution in [3.63, 3.8) is 0 Å². The highest BCUT2D eigenvalue weighted by atomic mass is 32.2. The zero-order chi connectivity index (χ0) is 25.3. The number of ether oxygens (including phenoxy) is 1. The lowest BCUT2D eigenvalue weighted by molar-refractivity contribution is 0.0947. The minimum Gasteiger partial charge on any atom is -0.492 e. The summed E-state index contributed by atoms with van der Waals surface area (Å²) in [6, 6.07) is 22.5. The number of hydrogen-bond donors (Lipinski definition) is 1. The maximum absolute atomic E-state index is 12.5. The summed E-state index contributed by atoms with van der Waals surface area (Å²) in [5.74, 6) is 0.582. The van der Waals surface area contributed by atoms with Gasteiger partial charge in [-0.3, -0.25) is 9.10 Å². The number of carbonyl (C=O) groups is 1. The molecule has 35 heavy (non-hydrogen) atoms. The summed E-state index contributed by atoms with van der Waals surface area (Å²) < 4.78 is 32.2. The van der Waals surface area contributed by atoms with Crippen molar-refractivity contribution in [2.75, 3.05) is 23.7 Å². The third kappa shape index (κ3) is 7.59. The molecule has 0 aromatic heterocycles. The van der Waals surface area contributed by atoms with E-state index < -0.39 is 10.0 Å². The quantitative estimate of drug-likeness (QED) is 0.361. The Morgan fingerprint density at radius 2 is 1.57 bits per heavy atom. The summed E-state index contributed by atoms with van der Waals surface area (Å²) >= 11 is 0. The molecule has 0 atom stereocenters. The third-order valence-corrected chi connectivity index (χ3v) is 6.83. The predicted molar refractivity (Wildman–Crippen MR) is 142 cm³/mol. The van der Waals surface area contributed by atoms with Gasteiger partial charge in [0.25, 0.3) is 5.91 Å². The van der Waals surface area contributed by atoms with Gasteiger partial charge in [-0.05, 0) is 59.9 Å². The summed E-state index contributed by atoms with van der Waals surface area (Å²) in [4.78, 5) is 12.5. The second-order valence-electron chi connectivity index (χ2n) is 8.45. The Bertz CT molecular complexity index is 1210. The maximum atomic E-state index is 12.5. The van der Waals surface area contributed by atoms with Crippen LogP contribution < -0.4 is 14.4 Å². The normalized spacial score (nSPS) is 11.2. The Morgan fingerprint density at radius 1 is 0.914 bits per heavy atom. The zero-order valence-electron chi connectivity index (χ0n) is 20.7. The highest BCUT2D eigenvalue weighted by molar-refractivity contribution is 7.92. The molecule has 6 nitrogen and oxygen atoms in total. The number of para-hydroxylation sites is 1. The van der Waals surface area contributed by atoms with Crippen LogP contribution in [0, 0.1) is 0 Å². The summed E-state index contributed by atoms with van der Waals surface area (Å²) in [5, 5.41) is 2.86. The summed E-state index contributed by atoms with van der Waals surface area (Å²) in [5.41, 5.74) is 4.24. The molecule has 0 heterocycles. The molecule has 3 aromatic rings. The van der Waals surface area contributed by atoms with E-state index in [0.717, 1.165) is 36.1 Å². The van der Waals surface area contributed by atoms with Gasteiger partial charge in [0, 0.05) is 5.56 Å². The number of nitrogens with one attached hydrogen (secondary N) is 1. The van der Waals surface area contributed by atoms with E-state index in [9.17, 15) is 13.2 Å². The van der Waals surface area contributed by atoms with Crippen LogP contribution in [0.1, 0.15) is 47.3 Å². The minimum atomic E-state index is -3.48. The van der Waals surface area contributed by atoms with Crippen LogP contribution >= 0.6 is 0 Å². The molecule has 7 heteroatoms. The summed E-state index contributed by atoms with van der Waals surface area (Å²) in [7, 11) is -3.48. The molecule has 0 unspecified atom stereocenters. The van der Waals surface area contributed by atoms with Crippen molar-refractivity contribution in [2.45, 2.75) is 39.7 Å². The van der Waals surface area contributed by atoms with Gasteiger partial charge in [-0.1, -0.05) is 62.7 Å². The molecular weight excluding hydrogens is 460 g/mol. The minimum absolute atomic E-state index is 0.197. The number of carbonyl (C=O) groups excluding carboxylic acids is 1. The topological polar surface area (TPSA) is 75.7 Å². The van der Waals surface area contributed by atoms with Crippen LogP contribution in [0.5, 0.6) is 5.75 Å². The molecule has 0 fully saturated rings. The fourth-order valence-corrected chi connectivity index (χ4v) is 4.76. The van der Waals surface area contributed by atoms with Crippen molar-refractivity contribution in [1.29, 1.82) is 0 Å². The molecule has 1 amide bonds. The van der Waals surface area contributed by atoms with Gasteiger partial charge in [0.1, 0.15) is 12.4 Å². The number of nitrogens with zero attached hydrogens (tertiary/aromatic N) is 1. The molecule has 1 N–H and O–H groups in total. The molecule has 186 valence electrons. The van der Waals surface area contributed by atoms with E-state index >= 15 is 0 Å². The molecule has 3 aromatic carbocycles. The fraction of sp³-hybridized carbons (Fsp3) is 0.321. The van der Waals surface area contributed by atoms with Gasteiger partial charge in [-0.25, -0.2) is 8.42 Å². The molecule has 0 aliphatic rings. The molecular formula is C28H34N2O4S. The number of hydrogen-bond acceptors (Lipinski definition) is 4. The van der Waals surface area contributed by atoms with Crippen molar-refractivity contribution in [1.82, 2.24) is 5.32 Å². The molecule has 0 bridgehead atoms. The number of benzene rings is 3. The van der Waals surface area contributed by atoms with Gasteiger partial charge in [0.05, 0.1) is 25.0 Å². The van der Waals surface area contributed by atoms with Gasteiger partial charge >= 0.3 is 0 Å². The van der Waals surface area contributed by atoms with Crippen LogP contribution in [0.3, 0.4) is 0 Å². The molecule has 0 spiro atoms. The number of aryl methyl sites for hydroxylation is 2. The lowest BCUT2D eigenvalue weighted by Crippen LogP contribution is -2.30. The number of anilines is 1. The predicted octanol–water partition coefficient (Wildman–Crippen LogP) is 4.98. The number of sulfonamides is 1. The molecule has 0 aliphatic carbocycles. The second-order valence-corrected chi connectivity index (χ2v) is 10.4. The number of rotatable bonds is 12. The fourth-order valence-electron chi connectivity index (χ4n) is 3.84. The smallest absolute Gasteiger partial charge is 0.251 e. The molecule has 3 rings (SSSR count). The van der Waals surface area contributed by atoms with E-state index in [1.807, 2.05) is 43.3 Å². The van der Waals surface area contributed by atoms with E-state index in [-0.39, 0.29) is 12.5 Å². The molecule has 0 saturated carbocycles. The SMILES string of the molecule is CCCc1ccc(OCCNC(=O)c2ccc(CN(c3ccccc3CC)S(C)(=O)=O)cc2)cc1. The first-order chi connectivity index (χ1) is 16.8. The van der Waals surface area contributed by atoms with Crippen molar-refractivity contribution in [2.24, 2.45) is 0 Å². The average molecular weight is 495 g/mol. The van der Waals surface area contributed by atoms with E-state index in [4.69, 9.17) is 4.74 Å². The highest BCUT2D eigenvalue weighted by Crippen LogP contribution is 2.25. The van der Waals surface area contributed by atoms with Crippen LogP contribution in [0.25, 0.3) is 0 Å². The number of amides is 1. The van der Waals surface area contributed by atoms with Gasteiger partial charge in [0.15, 0.2) is 0 Å². The monoisotopic (exact) mass is 494 g/mol. The van der Waals surface area contributed by atoms with Gasteiger partial charge in [-0.2, -0.15) is 0 Å². The first-order valence-electron chi connectivity index (χ1n) is 12.0. The van der Waals surface area contributed by atoms with E-state index in [0.29, 0.717) is 24.4 Å². The Kier molecular flexibility index (Phi) is 9.32. The zero-order valence-corrected chi connectivity index (χ0v) is 21.5. The van der Waals surface area contributed by atoms with E-state index in [1.165, 1.54) is 16.1 Å². The first-order valence-corrected chi connectivity index (χ1v) is 13.8. The third-order valence-electron chi connectivity index (χ3n) is 5.70. The van der Waals surface area contributed by atoms with Crippen LogP contribution in [0.15, 0.2) is 72.8 Å². The van der Waals surface area contributed by atoms with Crippen molar-refractivity contribution in [3.8, 4) is 5.75 Å². The van der Waals surface area contributed by atoms with Gasteiger partial charge in [-0.15, -0.1) is 0 Å². The van der Waals surface area contributed by atoms with Crippen LogP contribution in [-0.2, 0) is 29.4 Å². The van der Waals surface area contributed by atoms with Crippen molar-refractivity contribution in [3.05, 3.63) is 95.1 Å². The Hall–Kier alpha value is -3.32. The summed E-state index contributed by atoms with van der Waals surface area (Å²) in [6.07, 6.45) is 4.10. The average Bonchev–Trinajstić information content (AvgIpc) is 2.86. The van der Waals surface area contributed by atoms with E-state index in [1.54, 1.807) is 24.3 Å². The van der Waals surface area contributed by atoms with E-state index in [2.05, 4.69) is 24.4 Å². The Balaban J connectivity index is 1.56. The Labute approximate surface area is 209 Å². The van der Waals surface area contributed by atoms with Gasteiger partial charge in [0.2, 0.25) is 10.0 Å². The lowest BCUT2D eigenvalue weighted by atomic mass is 10.1. The van der Waals surface area contributed by atoms with Gasteiger partial charge < -0.3 is 10.1 Å². The molecule has 0 aliphatic heterocycles. The largest absolute Gasteiger partial charge is 0.492 e. The van der Waals surface area contributed by atoms with Crippen LogP contribution in [0.2, 0.25) is 0 Å². The highest BCUT2D eigenvalue weighted by Gasteiger charge is 2.20. The standard InChI is InChI=1S/C28H34N2O4S/c1-4-8-22-13-17-26(18-14-22)34-20-19-29-28(31)25-15-11-23(12-16-25)21-30(35(3,32)33)27-10-7-6-9-24(27)5-2/h6-7,9-18H,4-5,8,19-21H2,1-3H3,(H,29,31). The molecule has 0 radical (unpaired) electrons. The maximum Gasteiger partial charge on any atom is 0.251 e. The Morgan fingerprint density at radius 3 is 2.20 bits per heavy atom. The van der Waals surface area contributed by atoms with Crippen LogP contribution in [-0.4, -0.2) is 33.7 Å². The molecule has 0 saturated heterocycles. The van der Waals surface area contributed by atoms with Crippen LogP contribution in [0.4, 0.5) is 5.69 Å². The summed E-state index contributed by atoms with van der Waals surface area (Å²) in [6.45, 7) is 5.10. The van der Waals surface area contributed by atoms with Crippen molar-refractivity contribution >= 4 is 21.6 Å². The second kappa shape index (κ2) is 12.4.